The summed E-state index contributed by atoms with van der Waals surface area (Å²) in [5.74, 6) is 0.153. The summed E-state index contributed by atoms with van der Waals surface area (Å²) in [5.41, 5.74) is 6.38. The standard InChI is InChI=1S/C13H14FN5/c1-3-18(2)13-9(8-15)12(16)19(17-13)11-7-5-4-6-10(11)14/h4-7H,3,16H2,1-2H3. The van der Waals surface area contributed by atoms with Crippen LogP contribution in [0.2, 0.25) is 0 Å². The van der Waals surface area contributed by atoms with Crippen LogP contribution in [-0.2, 0) is 0 Å². The molecule has 0 saturated heterocycles. The van der Waals surface area contributed by atoms with Crippen LogP contribution >= 0.6 is 0 Å². The number of benzene rings is 1. The second kappa shape index (κ2) is 4.98. The Morgan fingerprint density at radius 3 is 2.74 bits per heavy atom. The third kappa shape index (κ3) is 2.10. The second-order valence-electron chi connectivity index (χ2n) is 4.07. The quantitative estimate of drug-likeness (QED) is 0.914. The van der Waals surface area contributed by atoms with Crippen LogP contribution in [0.15, 0.2) is 24.3 Å². The van der Waals surface area contributed by atoms with Crippen LogP contribution in [0.3, 0.4) is 0 Å². The fourth-order valence-electron chi connectivity index (χ4n) is 1.75. The molecule has 1 aromatic heterocycles. The molecule has 0 aliphatic heterocycles. The van der Waals surface area contributed by atoms with Gasteiger partial charge < -0.3 is 10.6 Å². The first-order valence-corrected chi connectivity index (χ1v) is 5.84. The SMILES string of the molecule is CCN(C)c1nn(-c2ccccc2F)c(N)c1C#N. The van der Waals surface area contributed by atoms with Gasteiger partial charge in [-0.25, -0.2) is 9.07 Å². The van der Waals surface area contributed by atoms with E-state index in [4.69, 9.17) is 11.0 Å². The van der Waals surface area contributed by atoms with Crippen molar-refractivity contribution in [1.29, 1.82) is 5.26 Å². The van der Waals surface area contributed by atoms with E-state index in [1.165, 1.54) is 10.7 Å². The molecule has 0 aliphatic rings. The van der Waals surface area contributed by atoms with Crippen molar-refractivity contribution in [2.45, 2.75) is 6.92 Å². The molecule has 2 N–H and O–H groups in total. The van der Waals surface area contributed by atoms with Crippen molar-refractivity contribution in [3.8, 4) is 11.8 Å². The predicted molar refractivity (Wildman–Crippen MR) is 71.6 cm³/mol. The predicted octanol–water partition coefficient (Wildman–Crippen LogP) is 1.92. The molecule has 0 atom stereocenters. The van der Waals surface area contributed by atoms with Crippen molar-refractivity contribution in [3.05, 3.63) is 35.6 Å². The number of para-hydroxylation sites is 1. The van der Waals surface area contributed by atoms with Crippen molar-refractivity contribution in [3.63, 3.8) is 0 Å². The molecular formula is C13H14FN5. The molecule has 0 amide bonds. The van der Waals surface area contributed by atoms with E-state index in [-0.39, 0.29) is 17.1 Å². The highest BCUT2D eigenvalue weighted by atomic mass is 19.1. The maximum absolute atomic E-state index is 13.8. The zero-order valence-electron chi connectivity index (χ0n) is 10.8. The summed E-state index contributed by atoms with van der Waals surface area (Å²) in [4.78, 5) is 1.78. The normalized spacial score (nSPS) is 10.2. The minimum Gasteiger partial charge on any atom is -0.382 e. The van der Waals surface area contributed by atoms with Crippen molar-refractivity contribution in [2.75, 3.05) is 24.2 Å². The Morgan fingerprint density at radius 2 is 2.16 bits per heavy atom. The molecule has 5 nitrogen and oxygen atoms in total. The summed E-state index contributed by atoms with van der Waals surface area (Å²) in [6.07, 6.45) is 0. The number of aromatic nitrogens is 2. The summed E-state index contributed by atoms with van der Waals surface area (Å²) in [5, 5.41) is 13.4. The highest BCUT2D eigenvalue weighted by Crippen LogP contribution is 2.27. The Hall–Kier alpha value is -2.55. The number of hydrogen-bond donors (Lipinski definition) is 1. The topological polar surface area (TPSA) is 70.9 Å². The fourth-order valence-corrected chi connectivity index (χ4v) is 1.75. The maximum Gasteiger partial charge on any atom is 0.171 e. The minimum absolute atomic E-state index is 0.142. The average molecular weight is 259 g/mol. The molecule has 1 aromatic carbocycles. The van der Waals surface area contributed by atoms with Crippen molar-refractivity contribution >= 4 is 11.6 Å². The van der Waals surface area contributed by atoms with Gasteiger partial charge in [0.2, 0.25) is 0 Å². The second-order valence-corrected chi connectivity index (χ2v) is 4.07. The summed E-state index contributed by atoms with van der Waals surface area (Å²) < 4.78 is 15.0. The van der Waals surface area contributed by atoms with Gasteiger partial charge in [-0.3, -0.25) is 0 Å². The number of nitriles is 1. The number of hydrogen-bond acceptors (Lipinski definition) is 4. The van der Waals surface area contributed by atoms with Gasteiger partial charge >= 0.3 is 0 Å². The van der Waals surface area contributed by atoms with Crippen LogP contribution in [0.4, 0.5) is 16.0 Å². The van der Waals surface area contributed by atoms with Gasteiger partial charge in [0.05, 0.1) is 0 Å². The minimum atomic E-state index is -0.438. The third-order valence-electron chi connectivity index (χ3n) is 2.93. The van der Waals surface area contributed by atoms with Crippen LogP contribution in [0.1, 0.15) is 12.5 Å². The van der Waals surface area contributed by atoms with Gasteiger partial charge in [0, 0.05) is 13.6 Å². The molecule has 0 radical (unpaired) electrons. The molecule has 1 heterocycles. The largest absolute Gasteiger partial charge is 0.382 e. The highest BCUT2D eigenvalue weighted by molar-refractivity contribution is 5.66. The first kappa shape index (κ1) is 12.9. The van der Waals surface area contributed by atoms with Crippen LogP contribution < -0.4 is 10.6 Å². The summed E-state index contributed by atoms with van der Waals surface area (Å²) in [6, 6.07) is 8.18. The first-order valence-electron chi connectivity index (χ1n) is 5.84. The zero-order valence-corrected chi connectivity index (χ0v) is 10.8. The van der Waals surface area contributed by atoms with Gasteiger partial charge in [0.15, 0.2) is 5.82 Å². The van der Waals surface area contributed by atoms with Crippen molar-refractivity contribution in [2.24, 2.45) is 0 Å². The van der Waals surface area contributed by atoms with Crippen LogP contribution in [0.25, 0.3) is 5.69 Å². The molecule has 0 saturated carbocycles. The van der Waals surface area contributed by atoms with Crippen LogP contribution in [0.5, 0.6) is 0 Å². The number of halogens is 1. The Kier molecular flexibility index (Phi) is 3.38. The van der Waals surface area contributed by atoms with Gasteiger partial charge in [0.25, 0.3) is 0 Å². The van der Waals surface area contributed by atoms with Gasteiger partial charge in [-0.15, -0.1) is 5.10 Å². The van der Waals surface area contributed by atoms with E-state index in [0.717, 1.165) is 0 Å². The van der Waals surface area contributed by atoms with E-state index in [1.54, 1.807) is 30.1 Å². The zero-order chi connectivity index (χ0) is 14.0. The monoisotopic (exact) mass is 259 g/mol. The third-order valence-corrected chi connectivity index (χ3v) is 2.93. The van der Waals surface area contributed by atoms with E-state index >= 15 is 0 Å². The molecule has 98 valence electrons. The maximum atomic E-state index is 13.8. The number of nitrogens with two attached hydrogens (primary N) is 1. The Morgan fingerprint density at radius 1 is 1.47 bits per heavy atom. The lowest BCUT2D eigenvalue weighted by atomic mass is 10.3. The molecule has 0 spiro atoms. The highest BCUT2D eigenvalue weighted by Gasteiger charge is 2.20. The van der Waals surface area contributed by atoms with Gasteiger partial charge in [-0.05, 0) is 19.1 Å². The Bertz CT molecular complexity index is 641. The molecule has 0 bridgehead atoms. The molecule has 0 aliphatic carbocycles. The molecule has 2 aromatic rings. The molecule has 0 fully saturated rings. The van der Waals surface area contributed by atoms with E-state index in [2.05, 4.69) is 5.10 Å². The molecule has 19 heavy (non-hydrogen) atoms. The number of nitrogens with zero attached hydrogens (tertiary/aromatic N) is 4. The Labute approximate surface area is 110 Å². The molecular weight excluding hydrogens is 245 g/mol. The first-order chi connectivity index (χ1) is 9.10. The summed E-state index contributed by atoms with van der Waals surface area (Å²) in [7, 11) is 1.80. The number of rotatable bonds is 3. The average Bonchev–Trinajstić information content (AvgIpc) is 2.75. The number of nitrogen functional groups attached to an aromatic ring is 1. The molecule has 0 unspecified atom stereocenters. The lowest BCUT2D eigenvalue weighted by Gasteiger charge is -2.12. The van der Waals surface area contributed by atoms with Crippen molar-refractivity contribution in [1.82, 2.24) is 9.78 Å². The summed E-state index contributed by atoms with van der Waals surface area (Å²) >= 11 is 0. The lowest BCUT2D eigenvalue weighted by Crippen LogP contribution is -2.17. The van der Waals surface area contributed by atoms with E-state index in [0.29, 0.717) is 12.4 Å². The fraction of sp³-hybridized carbons (Fsp3) is 0.231. The van der Waals surface area contributed by atoms with Crippen LogP contribution in [0, 0.1) is 17.1 Å². The van der Waals surface area contributed by atoms with Gasteiger partial charge in [0.1, 0.15) is 29.0 Å². The van der Waals surface area contributed by atoms with Gasteiger partial charge in [-0.2, -0.15) is 5.26 Å². The van der Waals surface area contributed by atoms with Crippen molar-refractivity contribution < 1.29 is 4.39 Å². The molecule has 6 heteroatoms. The molecule has 2 rings (SSSR count). The summed E-state index contributed by atoms with van der Waals surface area (Å²) in [6.45, 7) is 2.60. The smallest absolute Gasteiger partial charge is 0.171 e. The van der Waals surface area contributed by atoms with E-state index < -0.39 is 5.82 Å². The van der Waals surface area contributed by atoms with E-state index in [9.17, 15) is 4.39 Å². The van der Waals surface area contributed by atoms with Crippen LogP contribution in [-0.4, -0.2) is 23.4 Å². The van der Waals surface area contributed by atoms with Gasteiger partial charge in [-0.1, -0.05) is 12.1 Å². The lowest BCUT2D eigenvalue weighted by molar-refractivity contribution is 0.611. The Balaban J connectivity index is 2.64. The number of anilines is 2. The van der Waals surface area contributed by atoms with E-state index in [1.807, 2.05) is 13.0 Å².